The summed E-state index contributed by atoms with van der Waals surface area (Å²) in [7, 11) is 0. The van der Waals surface area contributed by atoms with Crippen LogP contribution in [0.4, 0.5) is 5.69 Å². The Labute approximate surface area is 112 Å². The molecular weight excluding hydrogens is 246 g/mol. The fourth-order valence-corrected chi connectivity index (χ4v) is 1.46. The summed E-state index contributed by atoms with van der Waals surface area (Å²) in [6, 6.07) is 0. The molecule has 0 aromatic carbocycles. The molecule has 5 N–H and O–H groups in total. The lowest BCUT2D eigenvalue weighted by Gasteiger charge is -2.20. The third-order valence-electron chi connectivity index (χ3n) is 2.36. The van der Waals surface area contributed by atoms with Gasteiger partial charge < -0.3 is 16.4 Å². The Bertz CT molecular complexity index is 473. The van der Waals surface area contributed by atoms with Gasteiger partial charge in [-0.2, -0.15) is 5.10 Å². The smallest absolute Gasteiger partial charge is 0.273 e. The summed E-state index contributed by atoms with van der Waals surface area (Å²) in [6.45, 7) is 7.67. The zero-order valence-electron chi connectivity index (χ0n) is 11.8. The van der Waals surface area contributed by atoms with Gasteiger partial charge in [0.2, 0.25) is 5.91 Å². The van der Waals surface area contributed by atoms with Crippen molar-refractivity contribution in [2.75, 3.05) is 12.3 Å². The van der Waals surface area contributed by atoms with Gasteiger partial charge in [0.15, 0.2) is 5.69 Å². The number of H-pyrrole nitrogens is 1. The van der Waals surface area contributed by atoms with Gasteiger partial charge in [-0.05, 0) is 27.7 Å². The molecule has 0 radical (unpaired) electrons. The number of carbonyl (C=O) groups excluding carboxylic acids is 2. The summed E-state index contributed by atoms with van der Waals surface area (Å²) in [5, 5.41) is 11.9. The van der Waals surface area contributed by atoms with Crippen LogP contribution in [0.1, 0.15) is 43.4 Å². The number of rotatable bonds is 4. The highest BCUT2D eigenvalue weighted by Crippen LogP contribution is 2.11. The van der Waals surface area contributed by atoms with Crippen molar-refractivity contribution in [3.05, 3.63) is 11.4 Å². The van der Waals surface area contributed by atoms with Crippen molar-refractivity contribution in [1.29, 1.82) is 0 Å². The van der Waals surface area contributed by atoms with Gasteiger partial charge in [0, 0.05) is 18.5 Å². The first-order valence-electron chi connectivity index (χ1n) is 6.10. The highest BCUT2D eigenvalue weighted by atomic mass is 16.2. The van der Waals surface area contributed by atoms with Gasteiger partial charge >= 0.3 is 0 Å². The average Bonchev–Trinajstić information content (AvgIpc) is 2.57. The molecule has 0 bridgehead atoms. The van der Waals surface area contributed by atoms with Crippen LogP contribution in [-0.2, 0) is 4.79 Å². The molecule has 106 valence electrons. The molecule has 2 amide bonds. The number of nitrogens with two attached hydrogens (primary N) is 1. The summed E-state index contributed by atoms with van der Waals surface area (Å²) in [5.41, 5.74) is 6.55. The lowest BCUT2D eigenvalue weighted by atomic mass is 10.1. The number of nitrogens with zero attached hydrogens (tertiary/aromatic N) is 1. The maximum atomic E-state index is 11.7. The van der Waals surface area contributed by atoms with Gasteiger partial charge in [0.25, 0.3) is 5.91 Å². The molecule has 1 rings (SSSR count). The molecular formula is C12H21N5O2. The third kappa shape index (κ3) is 4.61. The molecule has 1 aromatic heterocycles. The molecule has 0 aliphatic carbocycles. The largest absolute Gasteiger partial charge is 0.395 e. The molecule has 1 heterocycles. The van der Waals surface area contributed by atoms with Gasteiger partial charge in [-0.25, -0.2) is 0 Å². The minimum absolute atomic E-state index is 0.112. The van der Waals surface area contributed by atoms with Gasteiger partial charge in [-0.3, -0.25) is 14.7 Å². The van der Waals surface area contributed by atoms with Gasteiger partial charge in [-0.15, -0.1) is 0 Å². The molecule has 1 aromatic rings. The first kappa shape index (κ1) is 15.0. The molecule has 7 heteroatoms. The summed E-state index contributed by atoms with van der Waals surface area (Å²) < 4.78 is 0. The van der Waals surface area contributed by atoms with E-state index in [-0.39, 0.29) is 36.0 Å². The highest BCUT2D eigenvalue weighted by Gasteiger charge is 2.16. The van der Waals surface area contributed by atoms with E-state index in [1.54, 1.807) is 6.92 Å². The van der Waals surface area contributed by atoms with Crippen molar-refractivity contribution in [1.82, 2.24) is 20.8 Å². The lowest BCUT2D eigenvalue weighted by Crippen LogP contribution is -2.42. The fraction of sp³-hybridized carbons (Fsp3) is 0.583. The number of nitrogens with one attached hydrogen (secondary N) is 3. The minimum Gasteiger partial charge on any atom is -0.395 e. The number of nitrogen functional groups attached to an aromatic ring is 1. The zero-order valence-corrected chi connectivity index (χ0v) is 11.8. The normalized spacial score (nSPS) is 11.2. The summed E-state index contributed by atoms with van der Waals surface area (Å²) in [4.78, 5) is 23.3. The van der Waals surface area contributed by atoms with E-state index < -0.39 is 0 Å². The number of aromatic nitrogens is 2. The van der Waals surface area contributed by atoms with E-state index in [1.807, 2.05) is 20.8 Å². The second kappa shape index (κ2) is 5.73. The standard InChI is InChI=1S/C12H21N5O2/c1-7-9(13)10(17-16-7)11(19)14-6-5-8(18)15-12(2,3)4/h5-6,13H2,1-4H3,(H,14,19)(H,15,18)(H,16,17). The molecule has 0 aliphatic rings. The van der Waals surface area contributed by atoms with E-state index in [9.17, 15) is 9.59 Å². The Hall–Kier alpha value is -2.05. The molecule has 0 fully saturated rings. The van der Waals surface area contributed by atoms with Crippen LogP contribution in [0, 0.1) is 6.92 Å². The van der Waals surface area contributed by atoms with E-state index in [0.717, 1.165) is 0 Å². The molecule has 19 heavy (non-hydrogen) atoms. The highest BCUT2D eigenvalue weighted by molar-refractivity contribution is 5.97. The molecule has 0 aliphatic heterocycles. The Balaban J connectivity index is 2.40. The van der Waals surface area contributed by atoms with E-state index >= 15 is 0 Å². The van der Waals surface area contributed by atoms with Gasteiger partial charge in [0.1, 0.15) is 0 Å². The molecule has 0 spiro atoms. The first-order valence-corrected chi connectivity index (χ1v) is 6.10. The monoisotopic (exact) mass is 267 g/mol. The lowest BCUT2D eigenvalue weighted by molar-refractivity contribution is -0.122. The van der Waals surface area contributed by atoms with Crippen LogP contribution >= 0.6 is 0 Å². The van der Waals surface area contributed by atoms with E-state index in [4.69, 9.17) is 5.73 Å². The van der Waals surface area contributed by atoms with Crippen molar-refractivity contribution in [2.24, 2.45) is 0 Å². The van der Waals surface area contributed by atoms with E-state index in [0.29, 0.717) is 11.4 Å². The van der Waals surface area contributed by atoms with Gasteiger partial charge in [-0.1, -0.05) is 0 Å². The van der Waals surface area contributed by atoms with Crippen LogP contribution in [0.2, 0.25) is 0 Å². The van der Waals surface area contributed by atoms with Crippen molar-refractivity contribution in [3.63, 3.8) is 0 Å². The Morgan fingerprint density at radius 3 is 2.47 bits per heavy atom. The van der Waals surface area contributed by atoms with Crippen LogP contribution in [-0.4, -0.2) is 34.1 Å². The summed E-state index contributed by atoms with van der Waals surface area (Å²) in [6.07, 6.45) is 0.215. The topological polar surface area (TPSA) is 113 Å². The number of carbonyl (C=O) groups is 2. The summed E-state index contributed by atoms with van der Waals surface area (Å²) in [5.74, 6) is -0.496. The second-order valence-corrected chi connectivity index (χ2v) is 5.41. The van der Waals surface area contributed by atoms with Crippen LogP contribution < -0.4 is 16.4 Å². The SMILES string of the molecule is Cc1[nH]nc(C(=O)NCCC(=O)NC(C)(C)C)c1N. The van der Waals surface area contributed by atoms with Crippen LogP contribution in [0.15, 0.2) is 0 Å². The van der Waals surface area contributed by atoms with Gasteiger partial charge in [0.05, 0.1) is 11.4 Å². The molecule has 7 nitrogen and oxygen atoms in total. The molecule has 0 atom stereocenters. The third-order valence-corrected chi connectivity index (χ3v) is 2.36. The number of aryl methyl sites for hydroxylation is 1. The van der Waals surface area contributed by atoms with E-state index in [1.165, 1.54) is 0 Å². The molecule has 0 saturated heterocycles. The van der Waals surface area contributed by atoms with E-state index in [2.05, 4.69) is 20.8 Å². The zero-order chi connectivity index (χ0) is 14.6. The maximum absolute atomic E-state index is 11.7. The quantitative estimate of drug-likeness (QED) is 0.629. The molecule has 0 unspecified atom stereocenters. The number of hydrogen-bond acceptors (Lipinski definition) is 4. The number of hydrogen-bond donors (Lipinski definition) is 4. The minimum atomic E-state index is -0.384. The number of aromatic amines is 1. The summed E-state index contributed by atoms with van der Waals surface area (Å²) >= 11 is 0. The van der Waals surface area contributed by atoms with Crippen LogP contribution in [0.25, 0.3) is 0 Å². The predicted molar refractivity (Wildman–Crippen MR) is 72.6 cm³/mol. The Kier molecular flexibility index (Phi) is 4.52. The molecule has 0 saturated carbocycles. The van der Waals surface area contributed by atoms with Crippen molar-refractivity contribution in [3.8, 4) is 0 Å². The number of amides is 2. The maximum Gasteiger partial charge on any atom is 0.273 e. The second-order valence-electron chi connectivity index (χ2n) is 5.41. The van der Waals surface area contributed by atoms with Crippen molar-refractivity contribution >= 4 is 17.5 Å². The Morgan fingerprint density at radius 1 is 1.37 bits per heavy atom. The van der Waals surface area contributed by atoms with Crippen LogP contribution in [0.3, 0.4) is 0 Å². The Morgan fingerprint density at radius 2 is 2.00 bits per heavy atom. The first-order chi connectivity index (χ1) is 8.70. The fourth-order valence-electron chi connectivity index (χ4n) is 1.46. The van der Waals surface area contributed by atoms with Crippen molar-refractivity contribution in [2.45, 2.75) is 39.7 Å². The average molecular weight is 267 g/mol. The van der Waals surface area contributed by atoms with Crippen molar-refractivity contribution < 1.29 is 9.59 Å². The number of anilines is 1. The predicted octanol–water partition coefficient (Wildman–Crippen LogP) is 0.335. The van der Waals surface area contributed by atoms with Crippen LogP contribution in [0.5, 0.6) is 0 Å².